The maximum absolute atomic E-state index is 13.3. The maximum Gasteiger partial charge on any atom is 0.459 e. The molecule has 0 bridgehead atoms. The van der Waals surface area contributed by atoms with Crippen LogP contribution >= 0.6 is 0 Å². The van der Waals surface area contributed by atoms with Crippen molar-refractivity contribution in [2.75, 3.05) is 13.1 Å². The summed E-state index contributed by atoms with van der Waals surface area (Å²) in [4.78, 5) is 45.2. The minimum Gasteiger partial charge on any atom is -0.399 e. The molecule has 4 atom stereocenters. The first kappa shape index (κ1) is 30.9. The number of rotatable bonds is 9. The molecule has 3 unspecified atom stereocenters. The molecule has 1 aromatic heterocycles. The highest BCUT2D eigenvalue weighted by molar-refractivity contribution is 5.93. The lowest BCUT2D eigenvalue weighted by atomic mass is 9.68. The number of nitrogens with two attached hydrogens (primary N) is 2. The van der Waals surface area contributed by atoms with E-state index in [1.807, 2.05) is 24.3 Å². The molecule has 0 spiro atoms. The summed E-state index contributed by atoms with van der Waals surface area (Å²) in [7, 11) is 0. The zero-order valence-corrected chi connectivity index (χ0v) is 26.5. The van der Waals surface area contributed by atoms with Crippen molar-refractivity contribution >= 4 is 17.5 Å². The van der Waals surface area contributed by atoms with Gasteiger partial charge < -0.3 is 26.2 Å². The van der Waals surface area contributed by atoms with Crippen molar-refractivity contribution in [1.82, 2.24) is 19.9 Å². The molecule has 1 saturated heterocycles. The van der Waals surface area contributed by atoms with E-state index in [1.54, 1.807) is 15.7 Å². The number of hydrogen-bond acceptors (Lipinski definition) is 8. The smallest absolute Gasteiger partial charge is 0.399 e. The lowest BCUT2D eigenvalue weighted by Crippen LogP contribution is -2.44. The number of carbonyl (C=O) groups excluding carboxylic acids is 2. The number of aryl methyl sites for hydroxylation is 2. The van der Waals surface area contributed by atoms with Crippen molar-refractivity contribution in [3.63, 3.8) is 0 Å². The van der Waals surface area contributed by atoms with E-state index < -0.39 is 17.1 Å². The summed E-state index contributed by atoms with van der Waals surface area (Å²) in [6.45, 7) is 4.45. The largest absolute Gasteiger partial charge is 0.459 e. The second-order valence-electron chi connectivity index (χ2n) is 13.6. The number of amides is 2. The Balaban J connectivity index is 1.35. The van der Waals surface area contributed by atoms with Crippen molar-refractivity contribution in [2.45, 2.75) is 87.7 Å². The van der Waals surface area contributed by atoms with E-state index in [0.717, 1.165) is 72.8 Å². The Labute approximate surface area is 273 Å². The molecule has 244 valence electrons. The summed E-state index contributed by atoms with van der Waals surface area (Å²) >= 11 is 0. The van der Waals surface area contributed by atoms with Gasteiger partial charge in [0.1, 0.15) is 6.04 Å². The minimum atomic E-state index is -0.976. The molecule has 2 saturated carbocycles. The Hall–Kier alpha value is -4.69. The molecule has 0 radical (unpaired) electrons. The van der Waals surface area contributed by atoms with Crippen molar-refractivity contribution in [3.8, 4) is 6.07 Å². The second kappa shape index (κ2) is 12.2. The Morgan fingerprint density at radius 3 is 2.38 bits per heavy atom. The number of piperidine rings is 1. The van der Waals surface area contributed by atoms with E-state index >= 15 is 0 Å². The first-order valence-electron chi connectivity index (χ1n) is 16.7. The molecular weight excluding hydrogens is 594 g/mol. The first-order valence-corrected chi connectivity index (χ1v) is 16.7. The van der Waals surface area contributed by atoms with Gasteiger partial charge in [-0.05, 0) is 103 Å². The van der Waals surface area contributed by atoms with Crippen LogP contribution in [0, 0.1) is 17.2 Å². The van der Waals surface area contributed by atoms with E-state index in [-0.39, 0.29) is 30.6 Å². The van der Waals surface area contributed by atoms with Crippen LogP contribution in [0.3, 0.4) is 0 Å². The van der Waals surface area contributed by atoms with Gasteiger partial charge in [0.15, 0.2) is 5.82 Å². The Bertz CT molecular complexity index is 1780. The highest BCUT2D eigenvalue weighted by atomic mass is 16.5. The van der Waals surface area contributed by atoms with E-state index in [9.17, 15) is 19.6 Å². The third-order valence-electron chi connectivity index (χ3n) is 10.8. The van der Waals surface area contributed by atoms with Crippen molar-refractivity contribution in [3.05, 3.63) is 92.7 Å². The number of carbonyl (C=O) groups is 2. The molecule has 4 aliphatic rings. The molecule has 2 heterocycles. The molecule has 1 aliphatic heterocycles. The van der Waals surface area contributed by atoms with Gasteiger partial charge in [0.25, 0.3) is 0 Å². The van der Waals surface area contributed by atoms with E-state index in [4.69, 9.17) is 16.0 Å². The topological polar surface area (TPSA) is 173 Å². The molecule has 3 fully saturated rings. The van der Waals surface area contributed by atoms with Gasteiger partial charge in [-0.2, -0.15) is 15.0 Å². The van der Waals surface area contributed by atoms with Crippen LogP contribution in [0.4, 0.5) is 0 Å². The fourth-order valence-electron chi connectivity index (χ4n) is 8.45. The lowest BCUT2D eigenvalue weighted by Gasteiger charge is -2.37. The van der Waals surface area contributed by atoms with Crippen molar-refractivity contribution in [1.29, 1.82) is 5.26 Å². The number of nitrogens with one attached hydrogen (secondary N) is 1. The molecular formula is C36H41N7O4. The monoisotopic (exact) mass is 635 g/mol. The van der Waals surface area contributed by atoms with Gasteiger partial charge >= 0.3 is 5.76 Å². The molecule has 2 amide bonds. The van der Waals surface area contributed by atoms with Gasteiger partial charge in [0.2, 0.25) is 11.8 Å². The Morgan fingerprint density at radius 1 is 1.04 bits per heavy atom. The van der Waals surface area contributed by atoms with Crippen LogP contribution in [0.25, 0.3) is 5.70 Å². The average molecular weight is 636 g/mol. The number of nitriles is 1. The molecule has 11 heteroatoms. The Morgan fingerprint density at radius 2 is 1.72 bits per heavy atom. The third-order valence-corrected chi connectivity index (χ3v) is 10.8. The zero-order valence-electron chi connectivity index (χ0n) is 26.5. The molecule has 5 N–H and O–H groups in total. The average Bonchev–Trinajstić information content (AvgIpc) is 3.61. The lowest BCUT2D eigenvalue weighted by molar-refractivity contribution is -0.131. The van der Waals surface area contributed by atoms with Crippen LogP contribution < -0.4 is 22.5 Å². The molecule has 3 aromatic rings. The number of nitrogens with zero attached hydrogens (tertiary/aromatic N) is 4. The summed E-state index contributed by atoms with van der Waals surface area (Å²) in [6.07, 6.45) is 8.36. The summed E-state index contributed by atoms with van der Waals surface area (Å²) in [5.74, 6) is -0.290. The SMILES string of the molecule is C=C(N)c1ccc2c(c1)CCc1cc(C(N)=O)ccc1C2(CCNCC(=O)N1C(C#N)C[C@@H]2CC21)c1nc(=O)on1C1CCCCC1. The van der Waals surface area contributed by atoms with E-state index in [0.29, 0.717) is 48.8 Å². The van der Waals surface area contributed by atoms with Crippen LogP contribution in [0.15, 0.2) is 52.3 Å². The first-order chi connectivity index (χ1) is 22.7. The predicted octanol–water partition coefficient (Wildman–Crippen LogP) is 3.30. The number of hydrogen-bond donors (Lipinski definition) is 3. The van der Waals surface area contributed by atoms with Crippen molar-refractivity contribution in [2.24, 2.45) is 17.4 Å². The minimum absolute atomic E-state index is 0.0203. The highest BCUT2D eigenvalue weighted by Crippen LogP contribution is 2.49. The Kier molecular flexibility index (Phi) is 8.00. The van der Waals surface area contributed by atoms with Crippen LogP contribution in [0.5, 0.6) is 0 Å². The second-order valence-corrected chi connectivity index (χ2v) is 13.6. The third kappa shape index (κ3) is 5.44. The molecule has 47 heavy (non-hydrogen) atoms. The quantitative estimate of drug-likeness (QED) is 0.300. The van der Waals surface area contributed by atoms with Gasteiger partial charge in [-0.3, -0.25) is 9.59 Å². The predicted molar refractivity (Wildman–Crippen MR) is 175 cm³/mol. The standard InChI is InChI=1S/C36H41N7O4/c1-21(38)22-9-11-29-23(15-22)7-8-24-16-25(33(39)45)10-12-30(24)36(29,34-41-35(46)47-43(34)27-5-3-2-4-6-27)13-14-40-20-32(44)42-28(19-37)17-26-18-31(26)42/h9-12,15-16,26-28,31,40H,1-8,13-14,17-18,20,38H2,(H2,39,45)/t26-,28?,31?,36?/m1/s1. The maximum atomic E-state index is 13.3. The summed E-state index contributed by atoms with van der Waals surface area (Å²) in [6, 6.07) is 13.6. The molecule has 3 aliphatic carbocycles. The van der Waals surface area contributed by atoms with Gasteiger partial charge in [-0.1, -0.05) is 44.0 Å². The molecule has 7 rings (SSSR count). The van der Waals surface area contributed by atoms with Gasteiger partial charge in [-0.15, -0.1) is 0 Å². The number of benzene rings is 2. The summed E-state index contributed by atoms with van der Waals surface area (Å²) in [5.41, 5.74) is 16.4. The van der Waals surface area contributed by atoms with Gasteiger partial charge in [0.05, 0.1) is 24.1 Å². The fraction of sp³-hybridized carbons (Fsp3) is 0.472. The number of likely N-dealkylation sites (tertiary alicyclic amines) is 1. The number of primary amides is 1. The summed E-state index contributed by atoms with van der Waals surface area (Å²) in [5, 5.41) is 13.0. The molecule has 11 nitrogen and oxygen atoms in total. The number of aromatic nitrogens is 2. The number of fused-ring (bicyclic) bond motifs is 3. The summed E-state index contributed by atoms with van der Waals surface area (Å²) < 4.78 is 7.66. The van der Waals surface area contributed by atoms with Gasteiger partial charge in [0, 0.05) is 17.3 Å². The van der Waals surface area contributed by atoms with Crippen LogP contribution in [-0.2, 0) is 23.1 Å². The fourth-order valence-corrected chi connectivity index (χ4v) is 8.45. The van der Waals surface area contributed by atoms with E-state index in [1.165, 1.54) is 0 Å². The normalized spacial score (nSPS) is 24.8. The van der Waals surface area contributed by atoms with E-state index in [2.05, 4.69) is 29.0 Å². The van der Waals surface area contributed by atoms with Crippen LogP contribution in [-0.4, -0.2) is 51.6 Å². The molecule has 2 aromatic carbocycles. The van der Waals surface area contributed by atoms with Crippen LogP contribution in [0.1, 0.15) is 101 Å². The van der Waals surface area contributed by atoms with Crippen molar-refractivity contribution < 1.29 is 14.1 Å². The highest BCUT2D eigenvalue weighted by Gasteiger charge is 2.54. The van der Waals surface area contributed by atoms with Crippen LogP contribution in [0.2, 0.25) is 0 Å². The zero-order chi connectivity index (χ0) is 32.9. The van der Waals surface area contributed by atoms with Gasteiger partial charge in [-0.25, -0.2) is 4.79 Å².